The minimum atomic E-state index is -0.339. The third-order valence-corrected chi connectivity index (χ3v) is 7.44. The van der Waals surface area contributed by atoms with Crippen molar-refractivity contribution in [3.8, 4) is 17.2 Å². The molecule has 4 aromatic rings. The quantitative estimate of drug-likeness (QED) is 0.378. The molecular weight excluding hydrogens is 468 g/mol. The fourth-order valence-corrected chi connectivity index (χ4v) is 5.69. The van der Waals surface area contributed by atoms with Gasteiger partial charge in [-0.2, -0.15) is 4.73 Å². The highest BCUT2D eigenvalue weighted by atomic mass is 16.7. The Labute approximate surface area is 216 Å². The average molecular weight is 499 g/mol. The molecule has 3 aromatic carbocycles. The van der Waals surface area contributed by atoms with Gasteiger partial charge in [0.25, 0.3) is 0 Å². The van der Waals surface area contributed by atoms with Crippen LogP contribution < -0.4 is 19.0 Å². The summed E-state index contributed by atoms with van der Waals surface area (Å²) < 4.78 is 19.2. The van der Waals surface area contributed by atoms with Crippen LogP contribution in [0.3, 0.4) is 0 Å². The monoisotopic (exact) mass is 498 g/mol. The van der Waals surface area contributed by atoms with Crippen LogP contribution in [0.25, 0.3) is 10.9 Å². The summed E-state index contributed by atoms with van der Waals surface area (Å²) in [5, 5.41) is 1.05. The SMILES string of the molecule is COc1ccc2c(c1)c1c(n2OC(C)=O)CN2CCc3cc(OC)c(OCc4ccccc4)cc3C2C1. The van der Waals surface area contributed by atoms with Gasteiger partial charge in [-0.25, -0.2) is 4.79 Å². The Morgan fingerprint density at radius 1 is 1.00 bits per heavy atom. The molecule has 190 valence electrons. The lowest BCUT2D eigenvalue weighted by Crippen LogP contribution is -2.40. The van der Waals surface area contributed by atoms with Crippen molar-refractivity contribution in [1.29, 1.82) is 0 Å². The third-order valence-electron chi connectivity index (χ3n) is 7.44. The van der Waals surface area contributed by atoms with Crippen molar-refractivity contribution >= 4 is 16.9 Å². The summed E-state index contributed by atoms with van der Waals surface area (Å²) >= 11 is 0. The molecule has 0 saturated carbocycles. The molecule has 3 heterocycles. The first kappa shape index (κ1) is 23.4. The number of aromatic nitrogens is 1. The fourth-order valence-electron chi connectivity index (χ4n) is 5.69. The van der Waals surface area contributed by atoms with Crippen LogP contribution in [0.5, 0.6) is 17.2 Å². The molecule has 0 spiro atoms. The van der Waals surface area contributed by atoms with E-state index in [0.717, 1.165) is 58.8 Å². The number of carbonyl (C=O) groups excluding carboxylic acids is 1. The van der Waals surface area contributed by atoms with Gasteiger partial charge in [0.1, 0.15) is 12.4 Å². The highest BCUT2D eigenvalue weighted by Crippen LogP contribution is 2.45. The van der Waals surface area contributed by atoms with E-state index in [1.165, 1.54) is 23.6 Å². The van der Waals surface area contributed by atoms with E-state index in [1.54, 1.807) is 19.0 Å². The van der Waals surface area contributed by atoms with E-state index in [4.69, 9.17) is 19.0 Å². The number of rotatable bonds is 6. The summed E-state index contributed by atoms with van der Waals surface area (Å²) in [6.45, 7) is 3.52. The maximum Gasteiger partial charge on any atom is 0.329 e. The van der Waals surface area contributed by atoms with Gasteiger partial charge in [0.15, 0.2) is 11.5 Å². The van der Waals surface area contributed by atoms with Crippen molar-refractivity contribution in [3.63, 3.8) is 0 Å². The summed E-state index contributed by atoms with van der Waals surface area (Å²) in [6.07, 6.45) is 1.71. The van der Waals surface area contributed by atoms with E-state index in [2.05, 4.69) is 29.2 Å². The van der Waals surface area contributed by atoms with Crippen molar-refractivity contribution in [2.45, 2.75) is 39.0 Å². The van der Waals surface area contributed by atoms with Crippen LogP contribution in [0.1, 0.15) is 40.9 Å². The average Bonchev–Trinajstić information content (AvgIpc) is 3.21. The first-order valence-corrected chi connectivity index (χ1v) is 12.6. The zero-order valence-electron chi connectivity index (χ0n) is 21.3. The number of fused-ring (bicyclic) bond motifs is 6. The van der Waals surface area contributed by atoms with Crippen LogP contribution in [0.4, 0.5) is 0 Å². The molecule has 37 heavy (non-hydrogen) atoms. The van der Waals surface area contributed by atoms with E-state index in [1.807, 2.05) is 36.4 Å². The Kier molecular flexibility index (Phi) is 6.00. The van der Waals surface area contributed by atoms with E-state index in [-0.39, 0.29) is 12.0 Å². The minimum absolute atomic E-state index is 0.184. The molecule has 0 fully saturated rings. The molecule has 0 aliphatic carbocycles. The summed E-state index contributed by atoms with van der Waals surface area (Å²) in [5.41, 5.74) is 6.74. The van der Waals surface area contributed by atoms with Gasteiger partial charge in [0.2, 0.25) is 0 Å². The van der Waals surface area contributed by atoms with E-state index in [9.17, 15) is 4.79 Å². The molecule has 0 bridgehead atoms. The highest BCUT2D eigenvalue weighted by molar-refractivity contribution is 5.87. The van der Waals surface area contributed by atoms with Crippen LogP contribution >= 0.6 is 0 Å². The zero-order valence-corrected chi connectivity index (χ0v) is 21.3. The van der Waals surface area contributed by atoms with Crippen LogP contribution in [-0.2, 0) is 30.8 Å². The molecule has 0 saturated heterocycles. The second-order valence-corrected chi connectivity index (χ2v) is 9.60. The maximum absolute atomic E-state index is 12.0. The van der Waals surface area contributed by atoms with E-state index in [0.29, 0.717) is 13.2 Å². The molecule has 2 aliphatic rings. The lowest BCUT2D eigenvalue weighted by Gasteiger charge is -2.41. The maximum atomic E-state index is 12.0. The molecule has 0 radical (unpaired) electrons. The van der Waals surface area contributed by atoms with Gasteiger partial charge in [0, 0.05) is 31.4 Å². The van der Waals surface area contributed by atoms with Crippen LogP contribution in [0.2, 0.25) is 0 Å². The summed E-state index contributed by atoms with van der Waals surface area (Å²) in [7, 11) is 3.36. The van der Waals surface area contributed by atoms with Gasteiger partial charge >= 0.3 is 5.97 Å². The topological polar surface area (TPSA) is 62.2 Å². The molecule has 7 nitrogen and oxygen atoms in total. The summed E-state index contributed by atoms with van der Waals surface area (Å²) in [5.74, 6) is 1.95. The number of carbonyl (C=O) groups is 1. The first-order chi connectivity index (χ1) is 18.1. The molecule has 2 aliphatic heterocycles. The molecule has 1 unspecified atom stereocenters. The summed E-state index contributed by atoms with van der Waals surface area (Å²) in [6, 6.07) is 20.5. The number of hydrogen-bond donors (Lipinski definition) is 0. The Morgan fingerprint density at radius 2 is 1.84 bits per heavy atom. The van der Waals surface area contributed by atoms with E-state index >= 15 is 0 Å². The Morgan fingerprint density at radius 3 is 2.59 bits per heavy atom. The van der Waals surface area contributed by atoms with Crippen molar-refractivity contribution < 1.29 is 23.8 Å². The highest BCUT2D eigenvalue weighted by Gasteiger charge is 2.36. The largest absolute Gasteiger partial charge is 0.497 e. The smallest absolute Gasteiger partial charge is 0.329 e. The lowest BCUT2D eigenvalue weighted by molar-refractivity contribution is -0.141. The number of benzene rings is 3. The Hall–Kier alpha value is -3.97. The predicted molar refractivity (Wildman–Crippen MR) is 140 cm³/mol. The number of hydrogen-bond acceptors (Lipinski definition) is 6. The van der Waals surface area contributed by atoms with Crippen LogP contribution in [0.15, 0.2) is 60.7 Å². The lowest BCUT2D eigenvalue weighted by atomic mass is 9.85. The molecule has 6 rings (SSSR count). The van der Waals surface area contributed by atoms with Gasteiger partial charge < -0.3 is 19.0 Å². The van der Waals surface area contributed by atoms with Gasteiger partial charge in [0.05, 0.1) is 25.4 Å². The van der Waals surface area contributed by atoms with E-state index < -0.39 is 0 Å². The zero-order chi connectivity index (χ0) is 25.5. The second kappa shape index (κ2) is 9.48. The normalized spacial score (nSPS) is 16.5. The van der Waals surface area contributed by atoms with Crippen LogP contribution in [0, 0.1) is 0 Å². The number of ether oxygens (including phenoxy) is 3. The van der Waals surface area contributed by atoms with Gasteiger partial charge in [-0.1, -0.05) is 30.3 Å². The third kappa shape index (κ3) is 4.19. The second-order valence-electron chi connectivity index (χ2n) is 9.60. The first-order valence-electron chi connectivity index (χ1n) is 12.6. The molecule has 1 aromatic heterocycles. The molecule has 1 atom stereocenters. The van der Waals surface area contributed by atoms with Crippen molar-refractivity contribution in [2.24, 2.45) is 0 Å². The number of nitrogens with zero attached hydrogens (tertiary/aromatic N) is 2. The van der Waals surface area contributed by atoms with Crippen molar-refractivity contribution in [2.75, 3.05) is 20.8 Å². The predicted octanol–water partition coefficient (Wildman–Crippen LogP) is 4.87. The van der Waals surface area contributed by atoms with Crippen molar-refractivity contribution in [1.82, 2.24) is 9.63 Å². The van der Waals surface area contributed by atoms with Crippen LogP contribution in [-0.4, -0.2) is 36.4 Å². The van der Waals surface area contributed by atoms with Gasteiger partial charge in [-0.3, -0.25) is 4.90 Å². The van der Waals surface area contributed by atoms with Gasteiger partial charge in [-0.15, -0.1) is 0 Å². The molecule has 0 N–H and O–H groups in total. The summed E-state index contributed by atoms with van der Waals surface area (Å²) in [4.78, 5) is 20.1. The minimum Gasteiger partial charge on any atom is -0.497 e. The Bertz CT molecular complexity index is 1480. The molecular formula is C30H30N2O5. The standard InChI is InChI=1S/C30H30N2O5/c1-19(33)37-32-26-10-9-22(34-2)14-24(26)25-15-27-23-16-30(36-18-20-7-5-4-6-8-20)29(35-3)13-21(23)11-12-31(27)17-28(25)32/h4-10,13-14,16,27H,11-12,15,17-18H2,1-3H3. The van der Waals surface area contributed by atoms with Gasteiger partial charge in [-0.05, 0) is 65.4 Å². The molecule has 7 heteroatoms. The number of methoxy groups -OCH3 is 2. The fraction of sp³-hybridized carbons (Fsp3) is 0.300. The van der Waals surface area contributed by atoms with Crippen molar-refractivity contribution in [3.05, 3.63) is 88.6 Å². The Balaban J connectivity index is 1.40. The molecule has 0 amide bonds.